The van der Waals surface area contributed by atoms with Gasteiger partial charge in [0.05, 0.1) is 11.6 Å². The Kier molecular flexibility index (Phi) is 5.57. The number of nitrogens with one attached hydrogen (secondary N) is 2. The smallest absolute Gasteiger partial charge is 0.240 e. The van der Waals surface area contributed by atoms with Crippen molar-refractivity contribution in [2.45, 2.75) is 11.7 Å². The number of halogens is 2. The molecule has 0 spiro atoms. The van der Waals surface area contributed by atoms with E-state index in [-0.39, 0.29) is 23.3 Å². The van der Waals surface area contributed by atoms with E-state index in [0.717, 1.165) is 6.07 Å². The van der Waals surface area contributed by atoms with Gasteiger partial charge in [0.15, 0.2) is 5.17 Å². The average molecular weight is 342 g/mol. The van der Waals surface area contributed by atoms with E-state index in [4.69, 9.17) is 11.6 Å². The van der Waals surface area contributed by atoms with E-state index in [1.807, 2.05) is 0 Å². The summed E-state index contributed by atoms with van der Waals surface area (Å²) in [6, 6.07) is 3.88. The highest BCUT2D eigenvalue weighted by Gasteiger charge is 2.31. The van der Waals surface area contributed by atoms with Crippen LogP contribution in [0.1, 0.15) is 6.42 Å². The minimum Gasteiger partial charge on any atom is -0.326 e. The Hall–Kier alpha value is -1.86. The van der Waals surface area contributed by atoms with Crippen LogP contribution in [0.2, 0.25) is 5.02 Å². The monoisotopic (exact) mass is 341 g/mol. The minimum absolute atomic E-state index is 0.0153. The van der Waals surface area contributed by atoms with Crippen LogP contribution in [-0.2, 0) is 9.59 Å². The maximum Gasteiger partial charge on any atom is 0.240 e. The van der Waals surface area contributed by atoms with Crippen LogP contribution in [0.3, 0.4) is 0 Å². The molecular weight excluding hydrogens is 329 g/mol. The molecular formula is C14H13ClFN3O2S. The van der Waals surface area contributed by atoms with Crippen molar-refractivity contribution >= 4 is 46.0 Å². The Balaban J connectivity index is 1.93. The molecule has 1 aliphatic rings. The minimum atomic E-state index is -0.562. The van der Waals surface area contributed by atoms with E-state index in [2.05, 4.69) is 22.2 Å². The number of nitrogens with zero attached hydrogens (tertiary/aromatic N) is 1. The van der Waals surface area contributed by atoms with Gasteiger partial charge in [0.1, 0.15) is 11.1 Å². The number of carbonyl (C=O) groups is 2. The number of amides is 2. The van der Waals surface area contributed by atoms with Crippen LogP contribution >= 0.6 is 23.4 Å². The lowest BCUT2D eigenvalue weighted by molar-refractivity contribution is -0.122. The molecule has 0 saturated carbocycles. The number of carbonyl (C=O) groups excluding carboxylic acids is 2. The van der Waals surface area contributed by atoms with E-state index in [0.29, 0.717) is 17.4 Å². The third-order valence-electron chi connectivity index (χ3n) is 2.71. The van der Waals surface area contributed by atoms with Gasteiger partial charge in [-0.1, -0.05) is 29.4 Å². The van der Waals surface area contributed by atoms with Crippen LogP contribution in [-0.4, -0.2) is 28.8 Å². The summed E-state index contributed by atoms with van der Waals surface area (Å²) < 4.78 is 13.0. The van der Waals surface area contributed by atoms with Crippen molar-refractivity contribution in [2.75, 3.05) is 11.9 Å². The van der Waals surface area contributed by atoms with Gasteiger partial charge in [-0.25, -0.2) is 4.39 Å². The fourth-order valence-corrected chi connectivity index (χ4v) is 2.88. The lowest BCUT2D eigenvalue weighted by Gasteiger charge is -2.08. The normalized spacial score (nSPS) is 19.1. The Morgan fingerprint density at radius 1 is 1.59 bits per heavy atom. The molecule has 0 bridgehead atoms. The Bertz CT molecular complexity index is 651. The van der Waals surface area contributed by atoms with Gasteiger partial charge in [0.2, 0.25) is 11.8 Å². The van der Waals surface area contributed by atoms with E-state index in [1.54, 1.807) is 6.08 Å². The summed E-state index contributed by atoms with van der Waals surface area (Å²) >= 11 is 6.84. The lowest BCUT2D eigenvalue weighted by atomic mass is 10.2. The van der Waals surface area contributed by atoms with Gasteiger partial charge in [-0.2, -0.15) is 0 Å². The third kappa shape index (κ3) is 4.32. The molecule has 1 aliphatic heterocycles. The number of amidine groups is 1. The van der Waals surface area contributed by atoms with Crippen LogP contribution in [0.25, 0.3) is 0 Å². The molecule has 5 nitrogen and oxygen atoms in total. The van der Waals surface area contributed by atoms with Crippen LogP contribution in [0, 0.1) is 5.82 Å². The molecule has 0 aromatic heterocycles. The van der Waals surface area contributed by atoms with Gasteiger partial charge >= 0.3 is 0 Å². The fraction of sp³-hybridized carbons (Fsp3) is 0.214. The molecule has 2 N–H and O–H groups in total. The van der Waals surface area contributed by atoms with Crippen LogP contribution in [0.4, 0.5) is 10.1 Å². The molecule has 1 saturated heterocycles. The molecule has 1 aromatic carbocycles. The molecule has 22 heavy (non-hydrogen) atoms. The molecule has 0 unspecified atom stereocenters. The third-order valence-corrected chi connectivity index (χ3v) is 4.12. The average Bonchev–Trinajstić information content (AvgIpc) is 2.81. The van der Waals surface area contributed by atoms with Crippen molar-refractivity contribution in [3.8, 4) is 0 Å². The number of aliphatic imine (C=N–C) groups is 1. The Labute approximate surface area is 136 Å². The zero-order chi connectivity index (χ0) is 16.1. The van der Waals surface area contributed by atoms with Gasteiger partial charge in [-0.05, 0) is 18.2 Å². The molecule has 1 atom stereocenters. The topological polar surface area (TPSA) is 70.6 Å². The van der Waals surface area contributed by atoms with Gasteiger partial charge in [0, 0.05) is 12.1 Å². The van der Waals surface area contributed by atoms with Crippen molar-refractivity contribution in [2.24, 2.45) is 4.99 Å². The fourth-order valence-electron chi connectivity index (χ4n) is 1.72. The highest BCUT2D eigenvalue weighted by atomic mass is 35.5. The van der Waals surface area contributed by atoms with Gasteiger partial charge in [-0.15, -0.1) is 6.58 Å². The molecule has 1 fully saturated rings. The molecule has 2 amide bonds. The highest BCUT2D eigenvalue weighted by molar-refractivity contribution is 8.15. The molecule has 0 aliphatic carbocycles. The predicted octanol–water partition coefficient (Wildman–Crippen LogP) is 2.58. The molecule has 0 radical (unpaired) electrons. The van der Waals surface area contributed by atoms with Gasteiger partial charge < -0.3 is 10.6 Å². The Morgan fingerprint density at radius 2 is 2.36 bits per heavy atom. The second-order valence-corrected chi connectivity index (χ2v) is 6.01. The zero-order valence-corrected chi connectivity index (χ0v) is 13.0. The predicted molar refractivity (Wildman–Crippen MR) is 86.7 cm³/mol. The first-order valence-electron chi connectivity index (χ1n) is 6.37. The first kappa shape index (κ1) is 16.5. The maximum absolute atomic E-state index is 13.0. The quantitative estimate of drug-likeness (QED) is 0.809. The number of thioether (sulfide) groups is 1. The van der Waals surface area contributed by atoms with Crippen molar-refractivity contribution in [3.05, 3.63) is 41.7 Å². The summed E-state index contributed by atoms with van der Waals surface area (Å²) in [6.07, 6.45) is 1.59. The van der Waals surface area contributed by atoms with Crippen molar-refractivity contribution in [1.82, 2.24) is 5.32 Å². The van der Waals surface area contributed by atoms with E-state index < -0.39 is 11.1 Å². The highest BCUT2D eigenvalue weighted by Crippen LogP contribution is 2.24. The Morgan fingerprint density at radius 3 is 3.05 bits per heavy atom. The standard InChI is InChI=1S/C14H13ClFN3O2S/c1-2-5-17-14-19-13(21)11(22-14)7-12(20)18-8-3-4-10(16)9(15)6-8/h2-4,6,11H,1,5,7H2,(H,18,20)(H,17,19,21)/t11-/m1/s1. The van der Waals surface area contributed by atoms with Gasteiger partial charge in [0.25, 0.3) is 0 Å². The van der Waals surface area contributed by atoms with Crippen LogP contribution in [0.15, 0.2) is 35.8 Å². The lowest BCUT2D eigenvalue weighted by Crippen LogP contribution is -2.28. The first-order valence-corrected chi connectivity index (χ1v) is 7.63. The molecule has 116 valence electrons. The molecule has 1 heterocycles. The SMILES string of the molecule is C=CCN=C1NC(=O)[C@@H](CC(=O)Nc2ccc(F)c(Cl)c2)S1. The number of hydrogen-bond acceptors (Lipinski definition) is 4. The summed E-state index contributed by atoms with van der Waals surface area (Å²) in [4.78, 5) is 27.8. The van der Waals surface area contributed by atoms with Crippen molar-refractivity contribution < 1.29 is 14.0 Å². The number of benzene rings is 1. The van der Waals surface area contributed by atoms with Crippen molar-refractivity contribution in [1.29, 1.82) is 0 Å². The zero-order valence-electron chi connectivity index (χ0n) is 11.4. The number of anilines is 1. The van der Waals surface area contributed by atoms with Crippen molar-refractivity contribution in [3.63, 3.8) is 0 Å². The molecule has 1 aromatic rings. The van der Waals surface area contributed by atoms with Crippen LogP contribution < -0.4 is 10.6 Å². The largest absolute Gasteiger partial charge is 0.326 e. The summed E-state index contributed by atoms with van der Waals surface area (Å²) in [5, 5.41) is 5.03. The summed E-state index contributed by atoms with van der Waals surface area (Å²) in [6.45, 7) is 3.94. The number of hydrogen-bond donors (Lipinski definition) is 2. The van der Waals surface area contributed by atoms with E-state index in [1.165, 1.54) is 23.9 Å². The summed E-state index contributed by atoms with van der Waals surface area (Å²) in [5.41, 5.74) is 0.375. The molecule has 2 rings (SSSR count). The van der Waals surface area contributed by atoms with Gasteiger partial charge in [-0.3, -0.25) is 14.6 Å². The maximum atomic E-state index is 13.0. The first-order chi connectivity index (χ1) is 10.5. The van der Waals surface area contributed by atoms with E-state index in [9.17, 15) is 14.0 Å². The number of rotatable bonds is 5. The second-order valence-electron chi connectivity index (χ2n) is 4.41. The second kappa shape index (κ2) is 7.42. The summed E-state index contributed by atoms with van der Waals surface area (Å²) in [5.74, 6) is -1.19. The molecule has 8 heteroatoms. The van der Waals surface area contributed by atoms with E-state index >= 15 is 0 Å². The van der Waals surface area contributed by atoms with Crippen LogP contribution in [0.5, 0.6) is 0 Å². The summed E-state index contributed by atoms with van der Waals surface area (Å²) in [7, 11) is 0.